The van der Waals surface area contributed by atoms with Crippen molar-refractivity contribution in [3.05, 3.63) is 45.8 Å². The van der Waals surface area contributed by atoms with Crippen LogP contribution in [0.15, 0.2) is 36.7 Å². The summed E-state index contributed by atoms with van der Waals surface area (Å²) in [5, 5.41) is 4.19. The number of rotatable bonds is 5. The molecule has 0 radical (unpaired) electrons. The second kappa shape index (κ2) is 6.38. The fraction of sp³-hybridized carbons (Fsp3) is 0.357. The van der Waals surface area contributed by atoms with Crippen LogP contribution in [0.25, 0.3) is 0 Å². The highest BCUT2D eigenvalue weighted by Crippen LogP contribution is 2.25. The summed E-state index contributed by atoms with van der Waals surface area (Å²) < 4.78 is 8.99. The van der Waals surface area contributed by atoms with Gasteiger partial charge in [0.2, 0.25) is 0 Å². The summed E-state index contributed by atoms with van der Waals surface area (Å²) in [5.41, 5.74) is 7.18. The molecule has 5 heteroatoms. The van der Waals surface area contributed by atoms with E-state index in [1.807, 2.05) is 43.7 Å². The second-order valence-corrected chi connectivity index (χ2v) is 5.76. The van der Waals surface area contributed by atoms with E-state index in [9.17, 15) is 0 Å². The van der Waals surface area contributed by atoms with E-state index in [1.165, 1.54) is 3.57 Å². The first-order chi connectivity index (χ1) is 9.10. The summed E-state index contributed by atoms with van der Waals surface area (Å²) in [5.74, 6) is 0.832. The van der Waals surface area contributed by atoms with Gasteiger partial charge in [-0.05, 0) is 53.3 Å². The molecule has 102 valence electrons. The van der Waals surface area contributed by atoms with Crippen molar-refractivity contribution in [3.8, 4) is 5.75 Å². The Kier molecular flexibility index (Phi) is 4.81. The number of aryl methyl sites for hydroxylation is 1. The lowest BCUT2D eigenvalue weighted by Crippen LogP contribution is -2.31. The van der Waals surface area contributed by atoms with Gasteiger partial charge in [-0.25, -0.2) is 0 Å². The molecule has 19 heavy (non-hydrogen) atoms. The minimum absolute atomic E-state index is 0.0523. The first-order valence-corrected chi connectivity index (χ1v) is 7.34. The Balaban J connectivity index is 2.21. The molecule has 0 aliphatic rings. The molecule has 2 aromatic rings. The summed E-state index contributed by atoms with van der Waals surface area (Å²) in [6, 6.07) is 7.92. The molecule has 0 aliphatic heterocycles. The van der Waals surface area contributed by atoms with E-state index in [0.29, 0.717) is 0 Å². The molecule has 0 fully saturated rings. The smallest absolute Gasteiger partial charge is 0.142 e. The summed E-state index contributed by atoms with van der Waals surface area (Å²) >= 11 is 2.27. The van der Waals surface area contributed by atoms with Crippen LogP contribution in [0.1, 0.15) is 25.0 Å². The summed E-state index contributed by atoms with van der Waals surface area (Å²) in [4.78, 5) is 0. The maximum atomic E-state index is 6.17. The second-order valence-electron chi connectivity index (χ2n) is 4.51. The molecular formula is C14H18IN3O. The maximum Gasteiger partial charge on any atom is 0.142 e. The van der Waals surface area contributed by atoms with Gasteiger partial charge in [-0.3, -0.25) is 4.68 Å². The molecule has 0 spiro atoms. The van der Waals surface area contributed by atoms with Crippen molar-refractivity contribution in [2.24, 2.45) is 12.8 Å². The molecule has 0 bridgehead atoms. The van der Waals surface area contributed by atoms with E-state index in [2.05, 4.69) is 34.6 Å². The van der Waals surface area contributed by atoms with Crippen LogP contribution in [0.3, 0.4) is 0 Å². The first kappa shape index (κ1) is 14.3. The zero-order valence-electron chi connectivity index (χ0n) is 11.1. The Morgan fingerprint density at radius 3 is 2.58 bits per heavy atom. The number of nitrogens with zero attached hydrogens (tertiary/aromatic N) is 2. The van der Waals surface area contributed by atoms with Crippen molar-refractivity contribution in [3.63, 3.8) is 0 Å². The quantitative estimate of drug-likeness (QED) is 0.823. The number of nitrogens with two attached hydrogens (primary N) is 1. The number of hydrogen-bond acceptors (Lipinski definition) is 3. The van der Waals surface area contributed by atoms with Gasteiger partial charge in [0.15, 0.2) is 0 Å². The first-order valence-electron chi connectivity index (χ1n) is 6.26. The van der Waals surface area contributed by atoms with Gasteiger partial charge >= 0.3 is 0 Å². The molecule has 0 saturated heterocycles. The molecule has 2 atom stereocenters. The Morgan fingerprint density at radius 1 is 1.37 bits per heavy atom. The highest BCUT2D eigenvalue weighted by Gasteiger charge is 2.22. The van der Waals surface area contributed by atoms with Crippen LogP contribution in [-0.2, 0) is 7.05 Å². The fourth-order valence-electron chi connectivity index (χ4n) is 1.86. The molecule has 1 aromatic carbocycles. The van der Waals surface area contributed by atoms with Crippen molar-refractivity contribution >= 4 is 22.6 Å². The monoisotopic (exact) mass is 371 g/mol. The highest BCUT2D eigenvalue weighted by atomic mass is 127. The van der Waals surface area contributed by atoms with E-state index in [-0.39, 0.29) is 12.1 Å². The van der Waals surface area contributed by atoms with Gasteiger partial charge in [0.1, 0.15) is 11.9 Å². The molecule has 2 N–H and O–H groups in total. The van der Waals surface area contributed by atoms with Crippen LogP contribution in [-0.4, -0.2) is 15.8 Å². The Bertz CT molecular complexity index is 524. The molecule has 0 saturated carbocycles. The van der Waals surface area contributed by atoms with E-state index < -0.39 is 0 Å². The van der Waals surface area contributed by atoms with Crippen LogP contribution < -0.4 is 10.5 Å². The zero-order chi connectivity index (χ0) is 13.8. The van der Waals surface area contributed by atoms with Gasteiger partial charge in [-0.2, -0.15) is 5.10 Å². The largest absolute Gasteiger partial charge is 0.484 e. The minimum atomic E-state index is -0.168. The van der Waals surface area contributed by atoms with Crippen molar-refractivity contribution in [1.82, 2.24) is 9.78 Å². The molecule has 4 nitrogen and oxygen atoms in total. The number of aromatic nitrogens is 2. The van der Waals surface area contributed by atoms with Crippen molar-refractivity contribution in [1.29, 1.82) is 0 Å². The Labute approximate surface area is 127 Å². The van der Waals surface area contributed by atoms with Gasteiger partial charge < -0.3 is 10.5 Å². The van der Waals surface area contributed by atoms with E-state index >= 15 is 0 Å². The molecule has 1 aromatic heterocycles. The fourth-order valence-corrected chi connectivity index (χ4v) is 2.22. The standard InChI is InChI=1S/C14H18IN3O/c1-3-13(16)14(10-8-17-18(2)9-10)19-12-6-4-11(15)5-7-12/h4-9,13-14H,3,16H2,1-2H3. The van der Waals surface area contributed by atoms with Gasteiger partial charge in [0.25, 0.3) is 0 Å². The third-order valence-electron chi connectivity index (χ3n) is 2.99. The van der Waals surface area contributed by atoms with Crippen LogP contribution in [0.5, 0.6) is 5.75 Å². The van der Waals surface area contributed by atoms with Crippen LogP contribution >= 0.6 is 22.6 Å². The number of benzene rings is 1. The predicted octanol–water partition coefficient (Wildman–Crippen LogP) is 2.88. The Morgan fingerprint density at radius 2 is 2.05 bits per heavy atom. The third kappa shape index (κ3) is 3.70. The molecule has 0 amide bonds. The van der Waals surface area contributed by atoms with Crippen molar-refractivity contribution in [2.45, 2.75) is 25.5 Å². The summed E-state index contributed by atoms with van der Waals surface area (Å²) in [6.45, 7) is 2.06. The van der Waals surface area contributed by atoms with E-state index in [0.717, 1.165) is 17.7 Å². The van der Waals surface area contributed by atoms with E-state index in [4.69, 9.17) is 10.5 Å². The molecular weight excluding hydrogens is 353 g/mol. The van der Waals surface area contributed by atoms with Crippen LogP contribution in [0.2, 0.25) is 0 Å². The summed E-state index contributed by atoms with van der Waals surface area (Å²) in [7, 11) is 1.89. The average molecular weight is 371 g/mol. The molecule has 2 rings (SSSR count). The van der Waals surface area contributed by atoms with Gasteiger partial charge in [0, 0.05) is 28.4 Å². The van der Waals surface area contributed by atoms with Crippen LogP contribution in [0.4, 0.5) is 0 Å². The number of halogens is 1. The minimum Gasteiger partial charge on any atom is -0.484 e. The molecule has 2 unspecified atom stereocenters. The van der Waals surface area contributed by atoms with Gasteiger partial charge in [-0.15, -0.1) is 0 Å². The lowest BCUT2D eigenvalue weighted by Gasteiger charge is -2.23. The van der Waals surface area contributed by atoms with Gasteiger partial charge in [-0.1, -0.05) is 6.92 Å². The lowest BCUT2D eigenvalue weighted by molar-refractivity contribution is 0.171. The average Bonchev–Trinajstić information content (AvgIpc) is 2.83. The Hall–Kier alpha value is -1.08. The highest BCUT2D eigenvalue weighted by molar-refractivity contribution is 14.1. The summed E-state index contributed by atoms with van der Waals surface area (Å²) in [6.07, 6.45) is 4.45. The van der Waals surface area contributed by atoms with Crippen molar-refractivity contribution < 1.29 is 4.74 Å². The molecule has 0 aliphatic carbocycles. The number of ether oxygens (including phenoxy) is 1. The van der Waals surface area contributed by atoms with E-state index in [1.54, 1.807) is 4.68 Å². The predicted molar refractivity (Wildman–Crippen MR) is 84.0 cm³/mol. The lowest BCUT2D eigenvalue weighted by atomic mass is 10.0. The maximum absolute atomic E-state index is 6.17. The topological polar surface area (TPSA) is 53.1 Å². The molecule has 1 heterocycles. The SMILES string of the molecule is CCC(N)C(Oc1ccc(I)cc1)c1cnn(C)c1. The van der Waals surface area contributed by atoms with Crippen LogP contribution in [0, 0.1) is 3.57 Å². The third-order valence-corrected chi connectivity index (χ3v) is 3.71. The van der Waals surface area contributed by atoms with Gasteiger partial charge in [0.05, 0.1) is 6.20 Å². The normalized spacial score (nSPS) is 14.1. The zero-order valence-corrected chi connectivity index (χ0v) is 13.2. The van der Waals surface area contributed by atoms with Crippen molar-refractivity contribution in [2.75, 3.05) is 0 Å². The number of hydrogen-bond donors (Lipinski definition) is 1.